The number of aliphatic hydroxyl groups is 2. The SMILES string of the molecule is C[C@]12CC[C@H](O)C[C@@H]1[C@@H](O)C[C@@H]1[C@@H]2CC[C@]2(C)C(c3cccnc3)=CC[C@@H]12. The average molecular weight is 368 g/mol. The van der Waals surface area contributed by atoms with Crippen LogP contribution in [-0.4, -0.2) is 27.4 Å². The summed E-state index contributed by atoms with van der Waals surface area (Å²) in [5.74, 6) is 2.20. The van der Waals surface area contributed by atoms with Crippen molar-refractivity contribution < 1.29 is 10.2 Å². The second kappa shape index (κ2) is 6.15. The smallest absolute Gasteiger partial charge is 0.0577 e. The van der Waals surface area contributed by atoms with E-state index in [1.807, 2.05) is 18.5 Å². The fourth-order valence-corrected chi connectivity index (χ4v) is 7.82. The minimum absolute atomic E-state index is 0.194. The van der Waals surface area contributed by atoms with Crippen LogP contribution < -0.4 is 0 Å². The fourth-order valence-electron chi connectivity index (χ4n) is 7.82. The van der Waals surface area contributed by atoms with Crippen LogP contribution in [0.3, 0.4) is 0 Å². The zero-order valence-corrected chi connectivity index (χ0v) is 16.6. The van der Waals surface area contributed by atoms with Crippen molar-refractivity contribution in [2.75, 3.05) is 0 Å². The first-order valence-corrected chi connectivity index (χ1v) is 10.9. The minimum atomic E-state index is -0.254. The van der Waals surface area contributed by atoms with E-state index in [0.29, 0.717) is 17.8 Å². The molecule has 5 rings (SSSR count). The molecule has 1 heterocycles. The third-order valence-electron chi connectivity index (χ3n) is 9.20. The molecular weight excluding hydrogens is 334 g/mol. The van der Waals surface area contributed by atoms with E-state index < -0.39 is 0 Å². The van der Waals surface area contributed by atoms with Gasteiger partial charge < -0.3 is 10.2 Å². The highest BCUT2D eigenvalue weighted by Gasteiger charge is 2.60. The minimum Gasteiger partial charge on any atom is -0.393 e. The lowest BCUT2D eigenvalue weighted by Crippen LogP contribution is -2.58. The van der Waals surface area contributed by atoms with Crippen molar-refractivity contribution >= 4 is 5.57 Å². The number of aromatic nitrogens is 1. The molecule has 3 heteroatoms. The summed E-state index contributed by atoms with van der Waals surface area (Å²) >= 11 is 0. The Morgan fingerprint density at radius 3 is 2.67 bits per heavy atom. The highest BCUT2D eigenvalue weighted by atomic mass is 16.3. The summed E-state index contributed by atoms with van der Waals surface area (Å²) < 4.78 is 0. The van der Waals surface area contributed by atoms with Gasteiger partial charge in [-0.25, -0.2) is 0 Å². The molecule has 0 aromatic carbocycles. The molecule has 0 unspecified atom stereocenters. The molecule has 0 amide bonds. The van der Waals surface area contributed by atoms with Gasteiger partial charge in [-0.15, -0.1) is 0 Å². The van der Waals surface area contributed by atoms with E-state index in [2.05, 4.69) is 31.0 Å². The van der Waals surface area contributed by atoms with E-state index in [1.54, 1.807) is 0 Å². The van der Waals surface area contributed by atoms with Crippen molar-refractivity contribution in [1.29, 1.82) is 0 Å². The molecule has 3 fully saturated rings. The Kier molecular flexibility index (Phi) is 4.07. The molecule has 1 aromatic heterocycles. The monoisotopic (exact) mass is 367 g/mol. The van der Waals surface area contributed by atoms with E-state index in [0.717, 1.165) is 32.1 Å². The number of fused-ring (bicyclic) bond motifs is 5. The van der Waals surface area contributed by atoms with Crippen LogP contribution in [0.5, 0.6) is 0 Å². The quantitative estimate of drug-likeness (QED) is 0.771. The summed E-state index contributed by atoms with van der Waals surface area (Å²) in [4.78, 5) is 4.36. The van der Waals surface area contributed by atoms with E-state index in [4.69, 9.17) is 0 Å². The van der Waals surface area contributed by atoms with Gasteiger partial charge in [-0.3, -0.25) is 4.98 Å². The normalized spacial score (nSPS) is 49.0. The predicted octanol–water partition coefficient (Wildman–Crippen LogP) is 4.45. The molecule has 3 saturated carbocycles. The van der Waals surface area contributed by atoms with Gasteiger partial charge in [0, 0.05) is 12.4 Å². The molecule has 27 heavy (non-hydrogen) atoms. The van der Waals surface area contributed by atoms with Gasteiger partial charge in [0.25, 0.3) is 0 Å². The molecule has 0 aliphatic heterocycles. The van der Waals surface area contributed by atoms with Crippen LogP contribution in [-0.2, 0) is 0 Å². The number of hydrogen-bond acceptors (Lipinski definition) is 3. The summed E-state index contributed by atoms with van der Waals surface area (Å²) in [6.45, 7) is 4.89. The number of rotatable bonds is 1. The summed E-state index contributed by atoms with van der Waals surface area (Å²) in [5.41, 5.74) is 3.17. The van der Waals surface area contributed by atoms with Crippen molar-refractivity contribution in [3.05, 3.63) is 36.2 Å². The predicted molar refractivity (Wildman–Crippen MR) is 107 cm³/mol. The molecule has 146 valence electrons. The zero-order valence-electron chi connectivity index (χ0n) is 16.6. The van der Waals surface area contributed by atoms with Crippen LogP contribution in [0.2, 0.25) is 0 Å². The first kappa shape index (κ1) is 17.9. The summed E-state index contributed by atoms with van der Waals surface area (Å²) in [5, 5.41) is 21.3. The molecule has 8 atom stereocenters. The van der Waals surface area contributed by atoms with Gasteiger partial charge in [0.15, 0.2) is 0 Å². The van der Waals surface area contributed by atoms with Crippen LogP contribution >= 0.6 is 0 Å². The van der Waals surface area contributed by atoms with Crippen LogP contribution in [0.15, 0.2) is 30.6 Å². The van der Waals surface area contributed by atoms with Crippen molar-refractivity contribution in [3.63, 3.8) is 0 Å². The highest BCUT2D eigenvalue weighted by molar-refractivity contribution is 5.72. The highest BCUT2D eigenvalue weighted by Crippen LogP contribution is 2.67. The number of allylic oxidation sites excluding steroid dienone is 2. The number of nitrogens with zero attached hydrogens (tertiary/aromatic N) is 1. The van der Waals surface area contributed by atoms with E-state index in [1.165, 1.54) is 24.0 Å². The Morgan fingerprint density at radius 2 is 1.89 bits per heavy atom. The molecule has 0 saturated heterocycles. The fraction of sp³-hybridized carbons (Fsp3) is 0.708. The lowest BCUT2D eigenvalue weighted by Gasteiger charge is -2.62. The van der Waals surface area contributed by atoms with Crippen molar-refractivity contribution in [2.45, 2.75) is 71.0 Å². The van der Waals surface area contributed by atoms with E-state index >= 15 is 0 Å². The largest absolute Gasteiger partial charge is 0.393 e. The molecule has 1 aromatic rings. The maximum Gasteiger partial charge on any atom is 0.0577 e. The van der Waals surface area contributed by atoms with Crippen LogP contribution in [0.4, 0.5) is 0 Å². The second-order valence-corrected chi connectivity index (χ2v) is 10.3. The van der Waals surface area contributed by atoms with Gasteiger partial charge in [-0.1, -0.05) is 26.0 Å². The van der Waals surface area contributed by atoms with Crippen molar-refractivity contribution in [3.8, 4) is 0 Å². The molecule has 0 spiro atoms. The molecule has 4 aliphatic carbocycles. The number of pyridine rings is 1. The molecule has 0 bridgehead atoms. The first-order valence-electron chi connectivity index (χ1n) is 10.9. The summed E-state index contributed by atoms with van der Waals surface area (Å²) in [6.07, 6.45) is 13.2. The van der Waals surface area contributed by atoms with Gasteiger partial charge in [-0.2, -0.15) is 0 Å². The molecule has 2 N–H and O–H groups in total. The number of hydrogen-bond donors (Lipinski definition) is 2. The summed E-state index contributed by atoms with van der Waals surface area (Å²) in [6, 6.07) is 4.25. The van der Waals surface area contributed by atoms with Crippen LogP contribution in [0.25, 0.3) is 5.57 Å². The Bertz CT molecular complexity index is 746. The van der Waals surface area contributed by atoms with E-state index in [9.17, 15) is 10.2 Å². The third-order valence-corrected chi connectivity index (χ3v) is 9.20. The first-order chi connectivity index (χ1) is 12.9. The molecular formula is C24H33NO2. The average Bonchev–Trinajstić information content (AvgIpc) is 3.01. The van der Waals surface area contributed by atoms with Gasteiger partial charge in [-0.05, 0) is 96.7 Å². The molecule has 0 radical (unpaired) electrons. The lowest BCUT2D eigenvalue weighted by molar-refractivity contribution is -0.163. The zero-order chi connectivity index (χ0) is 18.8. The third kappa shape index (κ3) is 2.50. The molecule has 3 nitrogen and oxygen atoms in total. The Balaban J connectivity index is 1.47. The standard InChI is InChI=1S/C24H33NO2/c1-23-10-8-20-17(13-22(27)21-12-16(26)7-9-24(20,21)2)19(23)6-5-18(23)15-4-3-11-25-14-15/h3-5,11,14,16-17,19-22,26-27H,6-10,12-13H2,1-2H3/t16-,17-,19-,20-,21+,22-,23+,24+/m0/s1. The van der Waals surface area contributed by atoms with Gasteiger partial charge in [0.1, 0.15) is 0 Å². The Morgan fingerprint density at radius 1 is 1.04 bits per heavy atom. The second-order valence-electron chi connectivity index (χ2n) is 10.3. The Labute approximate surface area is 162 Å². The number of aliphatic hydroxyl groups excluding tert-OH is 2. The maximum absolute atomic E-state index is 11.1. The van der Waals surface area contributed by atoms with Gasteiger partial charge in [0.05, 0.1) is 12.2 Å². The Hall–Kier alpha value is -1.19. The van der Waals surface area contributed by atoms with Crippen molar-refractivity contribution in [1.82, 2.24) is 4.98 Å². The maximum atomic E-state index is 11.1. The topological polar surface area (TPSA) is 53.4 Å². The van der Waals surface area contributed by atoms with Gasteiger partial charge in [0.2, 0.25) is 0 Å². The van der Waals surface area contributed by atoms with Crippen molar-refractivity contribution in [2.24, 2.45) is 34.5 Å². The van der Waals surface area contributed by atoms with E-state index in [-0.39, 0.29) is 29.0 Å². The lowest BCUT2D eigenvalue weighted by atomic mass is 9.44. The van der Waals surface area contributed by atoms with Gasteiger partial charge >= 0.3 is 0 Å². The summed E-state index contributed by atoms with van der Waals surface area (Å²) in [7, 11) is 0. The van der Waals surface area contributed by atoms with Crippen LogP contribution in [0.1, 0.15) is 64.4 Å². The van der Waals surface area contributed by atoms with Crippen LogP contribution in [0, 0.1) is 34.5 Å². The molecule has 4 aliphatic rings.